The normalized spacial score (nSPS) is 11.9. The van der Waals surface area contributed by atoms with Gasteiger partial charge in [0.2, 0.25) is 5.09 Å². The zero-order valence-corrected chi connectivity index (χ0v) is 11.3. The number of aldehydes is 1. The highest BCUT2D eigenvalue weighted by Crippen LogP contribution is 2.18. The Bertz CT molecular complexity index is 686. The first-order chi connectivity index (χ1) is 8.93. The molecule has 0 spiro atoms. The van der Waals surface area contributed by atoms with Crippen LogP contribution in [-0.2, 0) is 23.6 Å². The van der Waals surface area contributed by atoms with Crippen molar-refractivity contribution >= 4 is 16.3 Å². The molecule has 0 atom stereocenters. The smallest absolute Gasteiger partial charge is 0.276 e. The lowest BCUT2D eigenvalue weighted by Crippen LogP contribution is -2.26. The zero-order valence-electron chi connectivity index (χ0n) is 10.5. The van der Waals surface area contributed by atoms with Crippen molar-refractivity contribution < 1.29 is 17.6 Å². The van der Waals surface area contributed by atoms with Gasteiger partial charge in [-0.1, -0.05) is 0 Å². The summed E-state index contributed by atoms with van der Waals surface area (Å²) in [5.41, 5.74) is 0.760. The lowest BCUT2D eigenvalue weighted by atomic mass is 10.4. The molecule has 0 aliphatic carbocycles. The summed E-state index contributed by atoms with van der Waals surface area (Å²) in [5, 5.41) is 3.72. The van der Waals surface area contributed by atoms with Crippen LogP contribution in [0.1, 0.15) is 16.1 Å². The molecule has 0 fully saturated rings. The fourth-order valence-corrected chi connectivity index (χ4v) is 2.65. The SMILES string of the molecule is CN(Cc1cnn(C)c1)S(=O)(=O)c1ccc(C=O)o1. The Morgan fingerprint density at radius 2 is 2.21 bits per heavy atom. The maximum atomic E-state index is 12.2. The minimum Gasteiger partial charge on any atom is -0.440 e. The van der Waals surface area contributed by atoms with Crippen LogP contribution in [0.3, 0.4) is 0 Å². The van der Waals surface area contributed by atoms with Crippen molar-refractivity contribution in [2.24, 2.45) is 7.05 Å². The highest BCUT2D eigenvalue weighted by atomic mass is 32.2. The third kappa shape index (κ3) is 2.74. The highest BCUT2D eigenvalue weighted by Gasteiger charge is 2.25. The van der Waals surface area contributed by atoms with E-state index in [0.29, 0.717) is 6.29 Å². The molecule has 0 saturated carbocycles. The highest BCUT2D eigenvalue weighted by molar-refractivity contribution is 7.88. The Labute approximate surface area is 110 Å². The van der Waals surface area contributed by atoms with Gasteiger partial charge in [0.25, 0.3) is 10.0 Å². The van der Waals surface area contributed by atoms with Crippen LogP contribution in [-0.4, -0.2) is 35.8 Å². The summed E-state index contributed by atoms with van der Waals surface area (Å²) < 4.78 is 32.0. The molecule has 7 nitrogen and oxygen atoms in total. The molecule has 2 rings (SSSR count). The minimum atomic E-state index is -3.75. The van der Waals surface area contributed by atoms with Crippen LogP contribution in [0.2, 0.25) is 0 Å². The van der Waals surface area contributed by atoms with E-state index in [4.69, 9.17) is 4.42 Å². The second kappa shape index (κ2) is 4.98. The van der Waals surface area contributed by atoms with Crippen molar-refractivity contribution in [3.05, 3.63) is 35.9 Å². The average molecular weight is 283 g/mol. The van der Waals surface area contributed by atoms with E-state index >= 15 is 0 Å². The van der Waals surface area contributed by atoms with Gasteiger partial charge in [0.05, 0.1) is 6.20 Å². The molecule has 2 aromatic heterocycles. The van der Waals surface area contributed by atoms with E-state index in [1.807, 2.05) is 0 Å². The fraction of sp³-hybridized carbons (Fsp3) is 0.273. The van der Waals surface area contributed by atoms with Gasteiger partial charge in [0, 0.05) is 32.4 Å². The van der Waals surface area contributed by atoms with Gasteiger partial charge in [-0.05, 0) is 12.1 Å². The lowest BCUT2D eigenvalue weighted by Gasteiger charge is -2.13. The van der Waals surface area contributed by atoms with Crippen LogP contribution in [0.15, 0.2) is 34.0 Å². The number of hydrogen-bond donors (Lipinski definition) is 0. The quantitative estimate of drug-likeness (QED) is 0.752. The Morgan fingerprint density at radius 3 is 2.74 bits per heavy atom. The molecule has 8 heteroatoms. The Kier molecular flexibility index (Phi) is 3.54. The van der Waals surface area contributed by atoms with Crippen molar-refractivity contribution in [2.45, 2.75) is 11.6 Å². The molecule has 2 aromatic rings. The van der Waals surface area contributed by atoms with E-state index in [-0.39, 0.29) is 17.4 Å². The van der Waals surface area contributed by atoms with Gasteiger partial charge < -0.3 is 4.42 Å². The van der Waals surface area contributed by atoms with E-state index in [1.54, 1.807) is 24.1 Å². The van der Waals surface area contributed by atoms with Crippen LogP contribution >= 0.6 is 0 Å². The molecule has 0 N–H and O–H groups in total. The van der Waals surface area contributed by atoms with Gasteiger partial charge in [-0.2, -0.15) is 9.40 Å². The first-order valence-corrected chi connectivity index (χ1v) is 6.86. The molecule has 0 aliphatic heterocycles. The summed E-state index contributed by atoms with van der Waals surface area (Å²) in [4.78, 5) is 10.5. The predicted octanol–water partition coefficient (Wildman–Crippen LogP) is 0.646. The third-order valence-corrected chi connectivity index (χ3v) is 4.22. The van der Waals surface area contributed by atoms with Crippen molar-refractivity contribution in [2.75, 3.05) is 7.05 Å². The van der Waals surface area contributed by atoms with E-state index < -0.39 is 10.0 Å². The molecule has 0 aliphatic rings. The molecule has 0 unspecified atom stereocenters. The largest absolute Gasteiger partial charge is 0.440 e. The van der Waals surface area contributed by atoms with Crippen LogP contribution in [0.5, 0.6) is 0 Å². The number of aryl methyl sites for hydroxylation is 1. The Balaban J connectivity index is 2.21. The summed E-state index contributed by atoms with van der Waals surface area (Å²) in [7, 11) is -0.560. The second-order valence-electron chi connectivity index (χ2n) is 4.06. The van der Waals surface area contributed by atoms with Crippen molar-refractivity contribution in [3.8, 4) is 0 Å². The molecule has 0 aromatic carbocycles. The number of sulfonamides is 1. The van der Waals surface area contributed by atoms with E-state index in [9.17, 15) is 13.2 Å². The van der Waals surface area contributed by atoms with E-state index in [0.717, 1.165) is 9.87 Å². The predicted molar refractivity (Wildman–Crippen MR) is 66.0 cm³/mol. The second-order valence-corrected chi connectivity index (χ2v) is 6.03. The molecule has 0 amide bonds. The van der Waals surface area contributed by atoms with Crippen LogP contribution in [0.25, 0.3) is 0 Å². The van der Waals surface area contributed by atoms with Crippen LogP contribution in [0.4, 0.5) is 0 Å². The molecule has 102 valence electrons. The first-order valence-electron chi connectivity index (χ1n) is 5.42. The van der Waals surface area contributed by atoms with Crippen LogP contribution < -0.4 is 0 Å². The molecular weight excluding hydrogens is 270 g/mol. The maximum absolute atomic E-state index is 12.2. The van der Waals surface area contributed by atoms with Gasteiger partial charge in [-0.15, -0.1) is 0 Å². The molecule has 0 radical (unpaired) electrons. The standard InChI is InChI=1S/C11H13N3O4S/c1-13-6-9(5-12-13)7-14(2)19(16,17)11-4-3-10(8-15)18-11/h3-6,8H,7H2,1-2H3. The number of carbonyl (C=O) groups excluding carboxylic acids is 1. The summed E-state index contributed by atoms with van der Waals surface area (Å²) in [6.07, 6.45) is 3.77. The fourth-order valence-electron chi connectivity index (χ4n) is 1.59. The zero-order chi connectivity index (χ0) is 14.0. The van der Waals surface area contributed by atoms with Gasteiger partial charge in [0.1, 0.15) is 0 Å². The number of furan rings is 1. The van der Waals surface area contributed by atoms with Gasteiger partial charge >= 0.3 is 0 Å². The van der Waals surface area contributed by atoms with E-state index in [1.165, 1.54) is 19.2 Å². The Hall–Kier alpha value is -1.93. The van der Waals surface area contributed by atoms with Crippen molar-refractivity contribution in [1.82, 2.24) is 14.1 Å². The molecule has 19 heavy (non-hydrogen) atoms. The van der Waals surface area contributed by atoms with Crippen LogP contribution in [0, 0.1) is 0 Å². The third-order valence-electron chi connectivity index (χ3n) is 2.55. The number of nitrogens with zero attached hydrogens (tertiary/aromatic N) is 3. The molecule has 0 saturated heterocycles. The maximum Gasteiger partial charge on any atom is 0.276 e. The van der Waals surface area contributed by atoms with Crippen molar-refractivity contribution in [3.63, 3.8) is 0 Å². The number of rotatable bonds is 5. The topological polar surface area (TPSA) is 85.4 Å². The molecular formula is C11H13N3O4S. The Morgan fingerprint density at radius 1 is 1.47 bits per heavy atom. The summed E-state index contributed by atoms with van der Waals surface area (Å²) in [6, 6.07) is 2.58. The van der Waals surface area contributed by atoms with Crippen molar-refractivity contribution in [1.29, 1.82) is 0 Å². The summed E-state index contributed by atoms with van der Waals surface area (Å²) >= 11 is 0. The molecule has 0 bridgehead atoms. The van der Waals surface area contributed by atoms with Gasteiger partial charge in [-0.3, -0.25) is 9.48 Å². The minimum absolute atomic E-state index is 0.0200. The average Bonchev–Trinajstić information content (AvgIpc) is 2.98. The monoisotopic (exact) mass is 283 g/mol. The number of hydrogen-bond acceptors (Lipinski definition) is 5. The first kappa shape index (κ1) is 13.5. The molecule has 2 heterocycles. The van der Waals surface area contributed by atoms with Gasteiger partial charge in [-0.25, -0.2) is 8.42 Å². The number of aromatic nitrogens is 2. The lowest BCUT2D eigenvalue weighted by molar-refractivity contribution is 0.109. The van der Waals surface area contributed by atoms with E-state index in [2.05, 4.69) is 5.10 Å². The summed E-state index contributed by atoms with van der Waals surface area (Å²) in [6.45, 7) is 0.174. The van der Waals surface area contributed by atoms with Gasteiger partial charge in [0.15, 0.2) is 12.0 Å². The summed E-state index contributed by atoms with van der Waals surface area (Å²) in [5.74, 6) is -0.0200. The number of carbonyl (C=O) groups is 1.